The minimum Gasteiger partial charge on any atom is -0.508 e. The minimum atomic E-state index is -0.145. The van der Waals surface area contributed by atoms with E-state index in [1.165, 1.54) is 18.0 Å². The van der Waals surface area contributed by atoms with Crippen molar-refractivity contribution in [1.82, 2.24) is 4.98 Å². The van der Waals surface area contributed by atoms with Gasteiger partial charge in [-0.3, -0.25) is 4.79 Å². The lowest BCUT2D eigenvalue weighted by Gasteiger charge is -2.04. The number of aromatic nitrogens is 1. The third-order valence-corrected chi connectivity index (χ3v) is 3.44. The summed E-state index contributed by atoms with van der Waals surface area (Å²) in [6, 6.07) is 9.99. The number of carbonyl (C=O) groups excluding carboxylic acids is 1. The summed E-state index contributed by atoms with van der Waals surface area (Å²) in [5, 5.41) is 12.3. The molecule has 0 radical (unpaired) electrons. The Hall–Kier alpha value is -1.72. The first kappa shape index (κ1) is 13.7. The van der Waals surface area contributed by atoms with E-state index in [1.54, 1.807) is 36.4 Å². The summed E-state index contributed by atoms with van der Waals surface area (Å²) < 4.78 is 0. The number of nitrogens with one attached hydrogen (secondary N) is 1. The van der Waals surface area contributed by atoms with E-state index >= 15 is 0 Å². The van der Waals surface area contributed by atoms with Crippen molar-refractivity contribution in [2.24, 2.45) is 0 Å². The maximum Gasteiger partial charge on any atom is 0.235 e. The minimum absolute atomic E-state index is 0.145. The third kappa shape index (κ3) is 4.46. The first-order valence-electron chi connectivity index (χ1n) is 5.47. The molecule has 2 aromatic rings. The predicted octanol–water partition coefficient (Wildman–Crippen LogP) is 3.17. The highest BCUT2D eigenvalue weighted by Gasteiger charge is 2.04. The van der Waals surface area contributed by atoms with Crippen LogP contribution in [-0.4, -0.2) is 21.8 Å². The van der Waals surface area contributed by atoms with Crippen LogP contribution >= 0.6 is 23.4 Å². The number of pyridine rings is 1. The van der Waals surface area contributed by atoms with Crippen molar-refractivity contribution in [3.63, 3.8) is 0 Å². The van der Waals surface area contributed by atoms with E-state index in [9.17, 15) is 4.79 Å². The zero-order valence-corrected chi connectivity index (χ0v) is 11.4. The summed E-state index contributed by atoms with van der Waals surface area (Å²) in [4.78, 5) is 16.6. The lowest BCUT2D eigenvalue weighted by atomic mass is 10.3. The van der Waals surface area contributed by atoms with Gasteiger partial charge in [-0.2, -0.15) is 0 Å². The standard InChI is InChI=1S/C13H11ClN2O2S/c14-9-1-6-12(15-7-9)16-13(18)8-19-11-4-2-10(17)3-5-11/h1-7,17H,8H2,(H,15,16,18). The Morgan fingerprint density at radius 3 is 2.63 bits per heavy atom. The van der Waals surface area contributed by atoms with Gasteiger partial charge in [0, 0.05) is 11.1 Å². The normalized spacial score (nSPS) is 10.2. The van der Waals surface area contributed by atoms with Gasteiger partial charge in [-0.05, 0) is 36.4 Å². The van der Waals surface area contributed by atoms with E-state index in [-0.39, 0.29) is 17.4 Å². The smallest absolute Gasteiger partial charge is 0.235 e. The van der Waals surface area contributed by atoms with E-state index in [1.807, 2.05) is 0 Å². The van der Waals surface area contributed by atoms with Gasteiger partial charge in [0.2, 0.25) is 5.91 Å². The molecule has 0 saturated carbocycles. The number of anilines is 1. The van der Waals surface area contributed by atoms with E-state index in [0.717, 1.165) is 4.90 Å². The Balaban J connectivity index is 1.84. The van der Waals surface area contributed by atoms with Crippen molar-refractivity contribution in [3.8, 4) is 5.75 Å². The van der Waals surface area contributed by atoms with Crippen LogP contribution in [0.25, 0.3) is 0 Å². The fourth-order valence-corrected chi connectivity index (χ4v) is 2.13. The number of aromatic hydroxyl groups is 1. The monoisotopic (exact) mass is 294 g/mol. The molecule has 1 amide bonds. The van der Waals surface area contributed by atoms with Crippen LogP contribution in [0.3, 0.4) is 0 Å². The van der Waals surface area contributed by atoms with E-state index in [2.05, 4.69) is 10.3 Å². The molecular formula is C13H11ClN2O2S. The molecular weight excluding hydrogens is 284 g/mol. The lowest BCUT2D eigenvalue weighted by Crippen LogP contribution is -2.14. The molecule has 1 aromatic heterocycles. The summed E-state index contributed by atoms with van der Waals surface area (Å²) in [5.74, 6) is 0.808. The van der Waals surface area contributed by atoms with Gasteiger partial charge >= 0.3 is 0 Å². The second kappa shape index (κ2) is 6.45. The molecule has 0 atom stereocenters. The Morgan fingerprint density at radius 1 is 1.26 bits per heavy atom. The molecule has 0 aliphatic heterocycles. The van der Waals surface area contributed by atoms with Gasteiger partial charge in [-0.15, -0.1) is 11.8 Å². The molecule has 0 aliphatic rings. The number of hydrogen-bond acceptors (Lipinski definition) is 4. The van der Waals surface area contributed by atoms with Crippen LogP contribution in [0, 0.1) is 0 Å². The molecule has 2 rings (SSSR count). The molecule has 6 heteroatoms. The molecule has 0 bridgehead atoms. The summed E-state index contributed by atoms with van der Waals surface area (Å²) in [6.45, 7) is 0. The lowest BCUT2D eigenvalue weighted by molar-refractivity contribution is -0.113. The Kier molecular flexibility index (Phi) is 4.65. The fourth-order valence-electron chi connectivity index (χ4n) is 1.32. The molecule has 0 fully saturated rings. The number of nitrogens with zero attached hydrogens (tertiary/aromatic N) is 1. The molecule has 0 unspecified atom stereocenters. The molecule has 1 aromatic carbocycles. The molecule has 0 saturated heterocycles. The number of amides is 1. The zero-order chi connectivity index (χ0) is 13.7. The largest absolute Gasteiger partial charge is 0.508 e. The third-order valence-electron chi connectivity index (χ3n) is 2.20. The van der Waals surface area contributed by atoms with Crippen molar-refractivity contribution in [3.05, 3.63) is 47.6 Å². The molecule has 0 aliphatic carbocycles. The SMILES string of the molecule is O=C(CSc1ccc(O)cc1)Nc1ccc(Cl)cn1. The van der Waals surface area contributed by atoms with Gasteiger partial charge in [-0.1, -0.05) is 11.6 Å². The van der Waals surface area contributed by atoms with Crippen LogP contribution in [0.4, 0.5) is 5.82 Å². The summed E-state index contributed by atoms with van der Waals surface area (Å²) in [5.41, 5.74) is 0. The summed E-state index contributed by atoms with van der Waals surface area (Å²) >= 11 is 7.09. The van der Waals surface area contributed by atoms with Gasteiger partial charge in [0.1, 0.15) is 11.6 Å². The molecule has 2 N–H and O–H groups in total. The Labute approximate surface area is 119 Å². The maximum absolute atomic E-state index is 11.7. The highest BCUT2D eigenvalue weighted by Crippen LogP contribution is 2.20. The van der Waals surface area contributed by atoms with Crippen molar-refractivity contribution in [2.45, 2.75) is 4.90 Å². The zero-order valence-electron chi connectivity index (χ0n) is 9.84. The van der Waals surface area contributed by atoms with Gasteiger partial charge in [-0.25, -0.2) is 4.98 Å². The fraction of sp³-hybridized carbons (Fsp3) is 0.0769. The number of phenolic OH excluding ortho intramolecular Hbond substituents is 1. The van der Waals surface area contributed by atoms with Gasteiger partial charge in [0.05, 0.1) is 10.8 Å². The van der Waals surface area contributed by atoms with Crippen LogP contribution < -0.4 is 5.32 Å². The van der Waals surface area contributed by atoms with E-state index in [0.29, 0.717) is 10.8 Å². The first-order chi connectivity index (χ1) is 9.13. The molecule has 0 spiro atoms. The quantitative estimate of drug-likeness (QED) is 0.850. The number of halogens is 1. The number of phenols is 1. The molecule has 19 heavy (non-hydrogen) atoms. The van der Waals surface area contributed by atoms with E-state index in [4.69, 9.17) is 16.7 Å². The highest BCUT2D eigenvalue weighted by atomic mass is 35.5. The average Bonchev–Trinajstić information content (AvgIpc) is 2.41. The number of rotatable bonds is 4. The molecule has 4 nitrogen and oxygen atoms in total. The van der Waals surface area contributed by atoms with Gasteiger partial charge in [0.25, 0.3) is 0 Å². The van der Waals surface area contributed by atoms with Crippen LogP contribution in [-0.2, 0) is 4.79 Å². The number of carbonyl (C=O) groups is 1. The topological polar surface area (TPSA) is 62.2 Å². The first-order valence-corrected chi connectivity index (χ1v) is 6.83. The number of benzene rings is 1. The summed E-state index contributed by atoms with van der Waals surface area (Å²) in [6.07, 6.45) is 1.48. The summed E-state index contributed by atoms with van der Waals surface area (Å²) in [7, 11) is 0. The van der Waals surface area contributed by atoms with Crippen molar-refractivity contribution in [1.29, 1.82) is 0 Å². The molecule has 98 valence electrons. The Morgan fingerprint density at radius 2 is 2.00 bits per heavy atom. The second-order valence-electron chi connectivity index (χ2n) is 3.69. The average molecular weight is 295 g/mol. The Bertz CT molecular complexity index is 558. The molecule has 1 heterocycles. The number of hydrogen-bond donors (Lipinski definition) is 2. The van der Waals surface area contributed by atoms with Crippen LogP contribution in [0.1, 0.15) is 0 Å². The van der Waals surface area contributed by atoms with E-state index < -0.39 is 0 Å². The second-order valence-corrected chi connectivity index (χ2v) is 5.18. The van der Waals surface area contributed by atoms with Crippen molar-refractivity contribution < 1.29 is 9.90 Å². The number of thioether (sulfide) groups is 1. The highest BCUT2D eigenvalue weighted by molar-refractivity contribution is 8.00. The van der Waals surface area contributed by atoms with Crippen LogP contribution in [0.2, 0.25) is 5.02 Å². The predicted molar refractivity (Wildman–Crippen MR) is 76.7 cm³/mol. The van der Waals surface area contributed by atoms with Crippen LogP contribution in [0.15, 0.2) is 47.5 Å². The maximum atomic E-state index is 11.7. The van der Waals surface area contributed by atoms with Crippen molar-refractivity contribution >= 4 is 35.1 Å². The van der Waals surface area contributed by atoms with Gasteiger partial charge < -0.3 is 10.4 Å². The van der Waals surface area contributed by atoms with Crippen molar-refractivity contribution in [2.75, 3.05) is 11.1 Å². The van der Waals surface area contributed by atoms with Crippen LogP contribution in [0.5, 0.6) is 5.75 Å². The van der Waals surface area contributed by atoms with Gasteiger partial charge in [0.15, 0.2) is 0 Å².